The molecule has 1 aromatic heterocycles. The van der Waals surface area contributed by atoms with Crippen molar-refractivity contribution in [1.29, 1.82) is 0 Å². The van der Waals surface area contributed by atoms with Gasteiger partial charge >= 0.3 is 18.2 Å². The monoisotopic (exact) mass is 312 g/mol. The number of carboxylic acid groups (broad SMARTS) is 1. The molecule has 2 N–H and O–H groups in total. The molecule has 1 rings (SSSR count). The first kappa shape index (κ1) is 16.2. The molecule has 0 aliphatic heterocycles. The molecule has 0 saturated carbocycles. The highest BCUT2D eigenvalue weighted by molar-refractivity contribution is 7.16. The second-order valence-electron chi connectivity index (χ2n) is 4.63. The SMILES string of the molecule is CC(C)(C)OC(=O)Nc1nc(C(=O)O)c(C(F)(F)F)s1. The Hall–Kier alpha value is -1.84. The molecule has 0 radical (unpaired) electrons. The fourth-order valence-electron chi connectivity index (χ4n) is 1.10. The fraction of sp³-hybridized carbons (Fsp3) is 0.500. The third kappa shape index (κ3) is 4.37. The van der Waals surface area contributed by atoms with Crippen LogP contribution in [0.1, 0.15) is 36.1 Å². The molecule has 0 unspecified atom stereocenters. The van der Waals surface area contributed by atoms with Gasteiger partial charge in [0.25, 0.3) is 0 Å². The standard InChI is InChI=1S/C10H11F3N2O4S/c1-9(2,3)19-8(18)15-7-14-4(6(16)17)5(20-7)10(11,12)13/h1-3H3,(H,16,17)(H,14,15,18). The largest absolute Gasteiger partial charge is 0.476 e. The van der Waals surface area contributed by atoms with Gasteiger partial charge in [-0.25, -0.2) is 14.6 Å². The van der Waals surface area contributed by atoms with Gasteiger partial charge in [-0.3, -0.25) is 5.32 Å². The average Bonchev–Trinajstić information content (AvgIpc) is 2.57. The van der Waals surface area contributed by atoms with E-state index in [0.29, 0.717) is 0 Å². The average molecular weight is 312 g/mol. The number of aromatic nitrogens is 1. The molecule has 6 nitrogen and oxygen atoms in total. The van der Waals surface area contributed by atoms with Gasteiger partial charge in [0.15, 0.2) is 10.8 Å². The van der Waals surface area contributed by atoms with Crippen molar-refractivity contribution >= 4 is 28.5 Å². The number of halogens is 3. The lowest BCUT2D eigenvalue weighted by Gasteiger charge is -2.18. The molecule has 112 valence electrons. The van der Waals surface area contributed by atoms with Crippen molar-refractivity contribution in [1.82, 2.24) is 4.98 Å². The zero-order valence-corrected chi connectivity index (χ0v) is 11.5. The van der Waals surface area contributed by atoms with Crippen LogP contribution in [-0.4, -0.2) is 27.8 Å². The highest BCUT2D eigenvalue weighted by atomic mass is 32.1. The maximum atomic E-state index is 12.6. The smallest absolute Gasteiger partial charge is 0.428 e. The Bertz CT molecular complexity index is 534. The first-order valence-corrected chi connectivity index (χ1v) is 6.03. The summed E-state index contributed by atoms with van der Waals surface area (Å²) in [6.07, 6.45) is -5.88. The van der Waals surface area contributed by atoms with E-state index in [2.05, 4.69) is 4.98 Å². The van der Waals surface area contributed by atoms with Crippen LogP contribution in [-0.2, 0) is 10.9 Å². The second-order valence-corrected chi connectivity index (χ2v) is 5.63. The molecule has 0 aliphatic carbocycles. The maximum Gasteiger partial charge on any atom is 0.428 e. The summed E-state index contributed by atoms with van der Waals surface area (Å²) in [5.41, 5.74) is -2.00. The summed E-state index contributed by atoms with van der Waals surface area (Å²) in [6.45, 7) is 4.70. The van der Waals surface area contributed by atoms with E-state index in [1.54, 1.807) is 20.8 Å². The lowest BCUT2D eigenvalue weighted by molar-refractivity contribution is -0.135. The van der Waals surface area contributed by atoms with E-state index in [1.807, 2.05) is 5.32 Å². The molecule has 1 heterocycles. The quantitative estimate of drug-likeness (QED) is 0.875. The summed E-state index contributed by atoms with van der Waals surface area (Å²) >= 11 is 0.0202. The van der Waals surface area contributed by atoms with Gasteiger partial charge in [-0.05, 0) is 20.8 Å². The molecule has 10 heteroatoms. The van der Waals surface area contributed by atoms with E-state index >= 15 is 0 Å². The Kier molecular flexibility index (Phi) is 4.27. The van der Waals surface area contributed by atoms with Gasteiger partial charge in [0.05, 0.1) is 0 Å². The Labute approximate surface area is 115 Å². The summed E-state index contributed by atoms with van der Waals surface area (Å²) in [5.74, 6) is -1.83. The van der Waals surface area contributed by atoms with E-state index in [1.165, 1.54) is 0 Å². The number of carboxylic acids is 1. The predicted octanol–water partition coefficient (Wildman–Crippen LogP) is 3.21. The summed E-state index contributed by atoms with van der Waals surface area (Å²) in [5, 5.41) is 10.1. The molecule has 0 atom stereocenters. The number of anilines is 1. The van der Waals surface area contributed by atoms with Crippen molar-refractivity contribution < 1.29 is 32.6 Å². The first-order chi connectivity index (χ1) is 8.90. The van der Waals surface area contributed by atoms with E-state index in [9.17, 15) is 22.8 Å². The number of amides is 1. The highest BCUT2D eigenvalue weighted by Gasteiger charge is 2.39. The Morgan fingerprint density at radius 3 is 2.20 bits per heavy atom. The molecule has 0 aromatic carbocycles. The molecule has 0 saturated heterocycles. The Balaban J connectivity index is 2.99. The molecule has 0 aliphatic rings. The third-order valence-electron chi connectivity index (χ3n) is 1.70. The van der Waals surface area contributed by atoms with Crippen molar-refractivity contribution in [3.8, 4) is 0 Å². The summed E-state index contributed by atoms with van der Waals surface area (Å²) in [7, 11) is 0. The van der Waals surface area contributed by atoms with Gasteiger partial charge in [-0.15, -0.1) is 0 Å². The van der Waals surface area contributed by atoms with Gasteiger partial charge < -0.3 is 9.84 Å². The Morgan fingerprint density at radius 1 is 1.30 bits per heavy atom. The number of hydrogen-bond donors (Lipinski definition) is 2. The zero-order valence-electron chi connectivity index (χ0n) is 10.7. The van der Waals surface area contributed by atoms with Crippen LogP contribution in [0.15, 0.2) is 0 Å². The minimum Gasteiger partial charge on any atom is -0.476 e. The van der Waals surface area contributed by atoms with Crippen LogP contribution >= 0.6 is 11.3 Å². The predicted molar refractivity (Wildman–Crippen MR) is 63.9 cm³/mol. The van der Waals surface area contributed by atoms with Crippen molar-refractivity contribution in [3.05, 3.63) is 10.6 Å². The topological polar surface area (TPSA) is 88.5 Å². The number of thiazole rings is 1. The van der Waals surface area contributed by atoms with E-state index in [-0.39, 0.29) is 11.3 Å². The minimum absolute atomic E-state index is 0.0202. The number of alkyl halides is 3. The summed E-state index contributed by atoms with van der Waals surface area (Å²) in [4.78, 5) is 23.9. The van der Waals surface area contributed by atoms with Gasteiger partial charge in [-0.1, -0.05) is 11.3 Å². The van der Waals surface area contributed by atoms with Crippen molar-refractivity contribution in [2.45, 2.75) is 32.5 Å². The van der Waals surface area contributed by atoms with Crippen LogP contribution in [0.3, 0.4) is 0 Å². The number of rotatable bonds is 2. The van der Waals surface area contributed by atoms with E-state index in [0.717, 1.165) is 0 Å². The van der Waals surface area contributed by atoms with Gasteiger partial charge in [-0.2, -0.15) is 13.2 Å². The number of hydrogen-bond acceptors (Lipinski definition) is 5. The minimum atomic E-state index is -4.86. The molecule has 0 bridgehead atoms. The number of carbonyl (C=O) groups excluding carboxylic acids is 1. The van der Waals surface area contributed by atoms with Crippen LogP contribution in [0.5, 0.6) is 0 Å². The zero-order chi connectivity index (χ0) is 15.7. The maximum absolute atomic E-state index is 12.6. The summed E-state index contributed by atoms with van der Waals surface area (Å²) in [6, 6.07) is 0. The van der Waals surface area contributed by atoms with Crippen LogP contribution in [0.2, 0.25) is 0 Å². The number of aromatic carboxylic acids is 1. The number of carbonyl (C=O) groups is 2. The molecular weight excluding hydrogens is 301 g/mol. The van der Waals surface area contributed by atoms with Gasteiger partial charge in [0.1, 0.15) is 10.5 Å². The highest BCUT2D eigenvalue weighted by Crippen LogP contribution is 2.38. The first-order valence-electron chi connectivity index (χ1n) is 5.21. The second kappa shape index (κ2) is 5.27. The Morgan fingerprint density at radius 2 is 1.85 bits per heavy atom. The fourth-order valence-corrected chi connectivity index (χ4v) is 1.91. The lowest BCUT2D eigenvalue weighted by Crippen LogP contribution is -2.27. The lowest BCUT2D eigenvalue weighted by atomic mass is 10.2. The normalized spacial score (nSPS) is 12.1. The summed E-state index contributed by atoms with van der Waals surface area (Å²) < 4.78 is 42.6. The van der Waals surface area contributed by atoms with Gasteiger partial charge in [0.2, 0.25) is 0 Å². The molecule has 20 heavy (non-hydrogen) atoms. The molecular formula is C10H11F3N2O4S. The van der Waals surface area contributed by atoms with Crippen LogP contribution < -0.4 is 5.32 Å². The van der Waals surface area contributed by atoms with Crippen LogP contribution in [0, 0.1) is 0 Å². The van der Waals surface area contributed by atoms with Gasteiger partial charge in [0, 0.05) is 0 Å². The van der Waals surface area contributed by atoms with Crippen LogP contribution in [0.25, 0.3) is 0 Å². The third-order valence-corrected chi connectivity index (χ3v) is 2.71. The van der Waals surface area contributed by atoms with Crippen molar-refractivity contribution in [2.75, 3.05) is 5.32 Å². The van der Waals surface area contributed by atoms with E-state index in [4.69, 9.17) is 9.84 Å². The van der Waals surface area contributed by atoms with E-state index < -0.39 is 39.5 Å². The number of nitrogens with zero attached hydrogens (tertiary/aromatic N) is 1. The molecule has 0 fully saturated rings. The molecule has 0 spiro atoms. The van der Waals surface area contributed by atoms with Crippen molar-refractivity contribution in [2.24, 2.45) is 0 Å². The van der Waals surface area contributed by atoms with Crippen LogP contribution in [0.4, 0.5) is 23.1 Å². The molecule has 1 aromatic rings. The van der Waals surface area contributed by atoms with Crippen molar-refractivity contribution in [3.63, 3.8) is 0 Å². The number of nitrogens with one attached hydrogen (secondary N) is 1. The molecule has 1 amide bonds. The number of ether oxygens (including phenoxy) is 1.